The number of aliphatic hydroxyl groups is 1. The monoisotopic (exact) mass is 350 g/mol. The highest BCUT2D eigenvalue weighted by Gasteiger charge is 2.59. The molecule has 128 valence electrons. The molecule has 1 amide bonds. The van der Waals surface area contributed by atoms with Crippen LogP contribution in [-0.4, -0.2) is 44.9 Å². The van der Waals surface area contributed by atoms with Crippen molar-refractivity contribution < 1.29 is 24.5 Å². The third-order valence-corrected chi connectivity index (χ3v) is 5.74. The van der Waals surface area contributed by atoms with E-state index in [0.29, 0.717) is 5.75 Å². The number of fused-ring (bicyclic) bond motifs is 1. The summed E-state index contributed by atoms with van der Waals surface area (Å²) in [7, 11) is 0. The molecule has 1 fully saturated rings. The molecule has 0 radical (unpaired) electrons. The maximum Gasteiger partial charge on any atom is 0.352 e. The van der Waals surface area contributed by atoms with Crippen LogP contribution in [-0.2, 0) is 9.59 Å². The van der Waals surface area contributed by atoms with Gasteiger partial charge in [-0.1, -0.05) is 11.6 Å². The lowest BCUT2D eigenvalue weighted by Gasteiger charge is -2.46. The minimum atomic E-state index is -1.10. The van der Waals surface area contributed by atoms with Crippen LogP contribution in [0.3, 0.4) is 0 Å². The largest absolute Gasteiger partial charge is 0.477 e. The van der Waals surface area contributed by atoms with Gasteiger partial charge in [-0.25, -0.2) is 10.6 Å². The van der Waals surface area contributed by atoms with Crippen LogP contribution in [0.2, 0.25) is 0 Å². The molecule has 3 heterocycles. The molecule has 0 spiro atoms. The highest BCUT2D eigenvalue weighted by molar-refractivity contribution is 7.99. The quantitative estimate of drug-likeness (QED) is 0.298. The predicted molar refractivity (Wildman–Crippen MR) is 87.1 cm³/mol. The molecule has 0 saturated carbocycles. The topological polar surface area (TPSA) is 108 Å². The lowest BCUT2D eigenvalue weighted by Crippen LogP contribution is -2.63. The first kappa shape index (κ1) is 16.8. The third kappa shape index (κ3) is 2.55. The zero-order valence-corrected chi connectivity index (χ0v) is 14.2. The molecule has 24 heavy (non-hydrogen) atoms. The lowest BCUT2D eigenvalue weighted by molar-refractivity contribution is -0.640. The first-order chi connectivity index (χ1) is 11.3. The second-order valence-electron chi connectivity index (χ2n) is 6.21. The highest BCUT2D eigenvalue weighted by atomic mass is 32.2. The zero-order valence-electron chi connectivity index (χ0n) is 13.4. The number of carboxylic acids is 1. The van der Waals surface area contributed by atoms with E-state index in [9.17, 15) is 19.8 Å². The Labute approximate surface area is 143 Å². The number of hydrogen-bond acceptors (Lipinski definition) is 5. The second kappa shape index (κ2) is 6.10. The van der Waals surface area contributed by atoms with E-state index < -0.39 is 18.0 Å². The van der Waals surface area contributed by atoms with Crippen LogP contribution in [0.25, 0.3) is 0 Å². The Kier molecular flexibility index (Phi) is 4.27. The Morgan fingerprint density at radius 3 is 2.83 bits per heavy atom. The van der Waals surface area contributed by atoms with Gasteiger partial charge in [-0.05, 0) is 18.6 Å². The van der Waals surface area contributed by atoms with Gasteiger partial charge in [-0.2, -0.15) is 0 Å². The molecule has 8 heteroatoms. The maximum absolute atomic E-state index is 12.3. The van der Waals surface area contributed by atoms with Crippen molar-refractivity contribution in [2.24, 2.45) is 11.8 Å². The summed E-state index contributed by atoms with van der Waals surface area (Å²) in [6, 6.07) is 3.44. The van der Waals surface area contributed by atoms with Crippen LogP contribution in [0.4, 0.5) is 0 Å². The van der Waals surface area contributed by atoms with Crippen molar-refractivity contribution in [2.75, 3.05) is 11.6 Å². The number of carbonyl (C=O) groups is 2. The lowest BCUT2D eigenvalue weighted by atomic mass is 9.78. The zero-order chi connectivity index (χ0) is 17.6. The van der Waals surface area contributed by atoms with E-state index >= 15 is 0 Å². The molecule has 0 aliphatic carbocycles. The van der Waals surface area contributed by atoms with Gasteiger partial charge in [-0.15, -0.1) is 11.8 Å². The highest BCUT2D eigenvalue weighted by Crippen LogP contribution is 2.48. The van der Waals surface area contributed by atoms with E-state index in [4.69, 9.17) is 5.84 Å². The first-order valence-electron chi connectivity index (χ1n) is 7.69. The average molecular weight is 350 g/mol. The minimum absolute atomic E-state index is 0.0680. The van der Waals surface area contributed by atoms with E-state index in [1.165, 1.54) is 21.3 Å². The van der Waals surface area contributed by atoms with Gasteiger partial charge in [0, 0.05) is 17.7 Å². The van der Waals surface area contributed by atoms with Crippen LogP contribution < -0.4 is 10.5 Å². The number of nitrogens with zero attached hydrogens (tertiary/aromatic N) is 2. The smallest absolute Gasteiger partial charge is 0.352 e. The van der Waals surface area contributed by atoms with Gasteiger partial charge >= 0.3 is 5.97 Å². The minimum Gasteiger partial charge on any atom is -0.477 e. The number of aromatic nitrogens is 1. The molecular weight excluding hydrogens is 330 g/mol. The Morgan fingerprint density at radius 2 is 2.25 bits per heavy atom. The Morgan fingerprint density at radius 1 is 1.54 bits per heavy atom. The molecular formula is C16H20N3O4S+. The van der Waals surface area contributed by atoms with E-state index in [1.54, 1.807) is 19.3 Å². The van der Waals surface area contributed by atoms with Crippen molar-refractivity contribution in [2.45, 2.75) is 30.9 Å². The van der Waals surface area contributed by atoms with Crippen molar-refractivity contribution in [1.29, 1.82) is 0 Å². The third-order valence-electron chi connectivity index (χ3n) is 4.71. The van der Waals surface area contributed by atoms with E-state index in [0.717, 1.165) is 10.5 Å². The van der Waals surface area contributed by atoms with Gasteiger partial charge in [0.1, 0.15) is 5.70 Å². The summed E-state index contributed by atoms with van der Waals surface area (Å²) in [6.07, 6.45) is 2.68. The number of hydrogen-bond donors (Lipinski definition) is 3. The molecule has 4 atom stereocenters. The molecule has 0 bridgehead atoms. The summed E-state index contributed by atoms with van der Waals surface area (Å²) < 4.78 is 1.44. The summed E-state index contributed by atoms with van der Waals surface area (Å²) in [4.78, 5) is 26.2. The van der Waals surface area contributed by atoms with Crippen molar-refractivity contribution >= 4 is 23.6 Å². The van der Waals surface area contributed by atoms with Gasteiger partial charge in [0.25, 0.3) is 0 Å². The van der Waals surface area contributed by atoms with Crippen LogP contribution in [0.1, 0.15) is 13.8 Å². The van der Waals surface area contributed by atoms with Crippen LogP contribution in [0.15, 0.2) is 40.7 Å². The Hall–Kier alpha value is -2.06. The summed E-state index contributed by atoms with van der Waals surface area (Å²) >= 11 is 1.48. The normalized spacial score (nSPS) is 27.0. The first-order valence-corrected chi connectivity index (χ1v) is 8.68. The van der Waals surface area contributed by atoms with Crippen molar-refractivity contribution in [3.8, 4) is 0 Å². The van der Waals surface area contributed by atoms with Gasteiger partial charge < -0.3 is 15.1 Å². The number of amides is 1. The standard InChI is InChI=1S/C16H19N3O4S/c1-8-11(7-24-10-4-3-5-18(17)6-10)14(16(22)23)19-13(8)12(9(2)20)15(19)21/h3-6,8-9,12-13,20H,7,17H2,1-2H3/p+1/t8-,9+,12+,13+/m0/s1. The number of carbonyl (C=O) groups excluding carboxylic acids is 1. The number of pyridine rings is 1. The van der Waals surface area contributed by atoms with Gasteiger partial charge in [0.05, 0.1) is 23.0 Å². The van der Waals surface area contributed by atoms with Gasteiger partial charge in [0.2, 0.25) is 12.1 Å². The van der Waals surface area contributed by atoms with Gasteiger partial charge in [0.15, 0.2) is 6.20 Å². The van der Waals surface area contributed by atoms with Crippen LogP contribution >= 0.6 is 11.8 Å². The molecule has 1 saturated heterocycles. The van der Waals surface area contributed by atoms with Crippen LogP contribution in [0, 0.1) is 11.8 Å². The molecule has 2 aliphatic heterocycles. The van der Waals surface area contributed by atoms with Crippen molar-refractivity contribution in [1.82, 2.24) is 4.90 Å². The fourth-order valence-corrected chi connectivity index (χ4v) is 4.64. The molecule has 7 nitrogen and oxygen atoms in total. The number of β-lactam (4-membered cyclic amide) rings is 1. The van der Waals surface area contributed by atoms with E-state index in [2.05, 4.69) is 0 Å². The number of aliphatic hydroxyl groups excluding tert-OH is 1. The van der Waals surface area contributed by atoms with Crippen molar-refractivity contribution in [3.05, 3.63) is 35.8 Å². The van der Waals surface area contributed by atoms with Gasteiger partial charge in [-0.3, -0.25) is 4.79 Å². The average Bonchev–Trinajstić information content (AvgIpc) is 2.74. The summed E-state index contributed by atoms with van der Waals surface area (Å²) in [5, 5.41) is 19.4. The number of thioether (sulfide) groups is 1. The molecule has 4 N–H and O–H groups in total. The molecule has 1 aromatic heterocycles. The fraction of sp³-hybridized carbons (Fsp3) is 0.438. The molecule has 0 unspecified atom stereocenters. The van der Waals surface area contributed by atoms with Crippen LogP contribution in [0.5, 0.6) is 0 Å². The predicted octanol–water partition coefficient (Wildman–Crippen LogP) is -0.0238. The summed E-state index contributed by atoms with van der Waals surface area (Å²) in [5.41, 5.74) is 0.792. The summed E-state index contributed by atoms with van der Waals surface area (Å²) in [6.45, 7) is 3.49. The second-order valence-corrected chi connectivity index (χ2v) is 7.26. The molecule has 3 rings (SSSR count). The number of rotatable bonds is 5. The molecule has 2 aliphatic rings. The number of nitrogens with two attached hydrogens (primary N) is 1. The number of carboxylic acid groups (broad SMARTS) is 1. The Balaban J connectivity index is 1.85. The maximum atomic E-state index is 12.3. The molecule has 0 aromatic carbocycles. The van der Waals surface area contributed by atoms with E-state index in [1.807, 2.05) is 19.1 Å². The summed E-state index contributed by atoms with van der Waals surface area (Å²) in [5.74, 6) is 4.11. The fourth-order valence-electron chi connectivity index (χ4n) is 3.55. The Bertz CT molecular complexity index is 734. The molecule has 1 aromatic rings. The van der Waals surface area contributed by atoms with Crippen molar-refractivity contribution in [3.63, 3.8) is 0 Å². The SMILES string of the molecule is C[C@@H](O)[C@H]1C(=O)N2C(C(=O)O)=C(CSc3ccc[n+](N)c3)[C@H](C)[C@H]12. The van der Waals surface area contributed by atoms with E-state index in [-0.39, 0.29) is 23.6 Å². The number of nitrogen functional groups attached to an aromatic ring is 1. The number of aliphatic carboxylic acids is 1.